The van der Waals surface area contributed by atoms with Gasteiger partial charge < -0.3 is 50.4 Å². The number of carbonyl (C=O) groups is 7. The van der Waals surface area contributed by atoms with Gasteiger partial charge in [-0.1, -0.05) is 77.0 Å². The quantitative estimate of drug-likeness (QED) is 0.0242. The van der Waals surface area contributed by atoms with Crippen LogP contribution in [0.25, 0.3) is 0 Å². The Balaban J connectivity index is 0. The van der Waals surface area contributed by atoms with Crippen LogP contribution in [-0.4, -0.2) is 136 Å². The fourth-order valence-electron chi connectivity index (χ4n) is 5.41. The number of carbonyl (C=O) groups excluding carboxylic acids is 5. The van der Waals surface area contributed by atoms with E-state index in [1.54, 1.807) is 0 Å². The standard InChI is InChI=1S/C27H50N2O8.C13H25N3O5S2/c1-2-36-21-22-37-20-19-28-24(30)18-17-23(27(34)35)29-25(31)15-13-11-9-7-5-3-4-6-8-10-12-14-16-26(32)33;17-10-14-5-6-20-7-8-21-9-12(18)15-4-2-1-3-11(16-23)13(19)22/h23H,2-22H2,1H3,(H,28,30)(H,29,31)(H,32,33)(H,34,35);10-11,16,23H,1-9H2,(H,14,17)(H,15,18)(H,19,22). The van der Waals surface area contributed by atoms with Crippen LogP contribution in [0.2, 0.25) is 0 Å². The zero-order valence-corrected chi connectivity index (χ0v) is 37.5. The number of carboxylic acids is 2. The molecule has 18 nitrogen and oxygen atoms in total. The molecule has 7 N–H and O–H groups in total. The molecule has 350 valence electrons. The zero-order valence-electron chi connectivity index (χ0n) is 35.7. The van der Waals surface area contributed by atoms with E-state index < -0.39 is 18.0 Å². The Hall–Kier alpha value is -3.01. The van der Waals surface area contributed by atoms with Crippen LogP contribution in [0.4, 0.5) is 0 Å². The lowest BCUT2D eigenvalue weighted by Gasteiger charge is -2.14. The maximum absolute atomic E-state index is 12.1. The average Bonchev–Trinajstić information content (AvgIpc) is 3.21. The average molecular weight is 898 g/mol. The van der Waals surface area contributed by atoms with E-state index in [-0.39, 0.29) is 61.2 Å². The van der Waals surface area contributed by atoms with E-state index >= 15 is 0 Å². The Labute approximate surface area is 367 Å². The summed E-state index contributed by atoms with van der Waals surface area (Å²) in [6.07, 6.45) is 16.0. The lowest BCUT2D eigenvalue weighted by molar-refractivity contribution is -0.142. The number of ether oxygens (including phenoxy) is 4. The molecule has 0 aromatic carbocycles. The van der Waals surface area contributed by atoms with Crippen molar-refractivity contribution in [3.63, 3.8) is 0 Å². The minimum atomic E-state index is -1.14. The van der Waals surface area contributed by atoms with Crippen LogP contribution in [0.15, 0.2) is 0 Å². The predicted octanol–water partition coefficient (Wildman–Crippen LogP) is 3.36. The minimum Gasteiger partial charge on any atom is -0.481 e. The van der Waals surface area contributed by atoms with Gasteiger partial charge in [-0.2, -0.15) is 0 Å². The van der Waals surface area contributed by atoms with Crippen molar-refractivity contribution in [1.82, 2.24) is 26.0 Å². The third-order valence-corrected chi connectivity index (χ3v) is 9.38. The Morgan fingerprint density at radius 2 is 1.10 bits per heavy atom. The minimum absolute atomic E-state index is 0.0148. The SMILES string of the molecule is CCOCCOCCNC(=O)CCC(NC(=O)CCCCCCCCCCCCCCC(=O)O)C(=O)O.O=CNCCOCCOCC(=O)NCCCCC(NS)C(=O)S. The van der Waals surface area contributed by atoms with Crippen molar-refractivity contribution in [3.8, 4) is 0 Å². The van der Waals surface area contributed by atoms with Gasteiger partial charge in [0.05, 0.1) is 45.7 Å². The lowest BCUT2D eigenvalue weighted by atomic mass is 10.0. The molecule has 0 aromatic heterocycles. The molecule has 0 saturated heterocycles. The van der Waals surface area contributed by atoms with Crippen molar-refractivity contribution < 1.29 is 62.7 Å². The first-order chi connectivity index (χ1) is 29.0. The molecule has 0 aliphatic heterocycles. The highest BCUT2D eigenvalue weighted by Crippen LogP contribution is 2.13. The molecule has 0 heterocycles. The van der Waals surface area contributed by atoms with Crippen molar-refractivity contribution in [2.45, 2.75) is 141 Å². The van der Waals surface area contributed by atoms with Gasteiger partial charge in [-0.15, -0.1) is 12.6 Å². The Kier molecular flexibility index (Phi) is 44.8. The molecular formula is C40H75N5O13S2. The predicted molar refractivity (Wildman–Crippen MR) is 234 cm³/mol. The zero-order chi connectivity index (χ0) is 44.9. The van der Waals surface area contributed by atoms with Crippen LogP contribution in [0.5, 0.6) is 0 Å². The van der Waals surface area contributed by atoms with Gasteiger partial charge in [-0.05, 0) is 45.4 Å². The Morgan fingerprint density at radius 3 is 1.63 bits per heavy atom. The number of unbranched alkanes of at least 4 members (excludes halogenated alkanes) is 12. The fourth-order valence-corrected chi connectivity index (χ4v) is 5.96. The number of amides is 4. The van der Waals surface area contributed by atoms with Gasteiger partial charge in [0.2, 0.25) is 29.2 Å². The van der Waals surface area contributed by atoms with E-state index in [4.69, 9.17) is 24.1 Å². The molecular weight excluding hydrogens is 823 g/mol. The summed E-state index contributed by atoms with van der Waals surface area (Å²) in [6, 6.07) is -1.44. The summed E-state index contributed by atoms with van der Waals surface area (Å²) in [6.45, 7) is 6.22. The van der Waals surface area contributed by atoms with E-state index in [2.05, 4.69) is 51.4 Å². The highest BCUT2D eigenvalue weighted by molar-refractivity contribution is 7.96. The van der Waals surface area contributed by atoms with Crippen LogP contribution >= 0.6 is 25.4 Å². The first-order valence-corrected chi connectivity index (χ1v) is 22.3. The molecule has 0 fully saturated rings. The molecule has 0 bridgehead atoms. The monoisotopic (exact) mass is 897 g/mol. The highest BCUT2D eigenvalue weighted by atomic mass is 32.1. The van der Waals surface area contributed by atoms with Crippen molar-refractivity contribution in [2.24, 2.45) is 0 Å². The first-order valence-electron chi connectivity index (χ1n) is 21.4. The number of aliphatic carboxylic acids is 2. The Morgan fingerprint density at radius 1 is 0.567 bits per heavy atom. The molecule has 60 heavy (non-hydrogen) atoms. The molecule has 0 aliphatic rings. The van der Waals surface area contributed by atoms with Gasteiger partial charge in [0.15, 0.2) is 0 Å². The van der Waals surface area contributed by atoms with Crippen LogP contribution in [0.3, 0.4) is 0 Å². The molecule has 0 saturated carbocycles. The topological polar surface area (TPSA) is 257 Å². The van der Waals surface area contributed by atoms with E-state index in [0.29, 0.717) is 78.7 Å². The summed E-state index contributed by atoms with van der Waals surface area (Å²) in [5.41, 5.74) is 0. The molecule has 2 unspecified atom stereocenters. The van der Waals surface area contributed by atoms with Crippen molar-refractivity contribution in [3.05, 3.63) is 0 Å². The summed E-state index contributed by atoms with van der Waals surface area (Å²) in [5, 5.41) is 28.1. The molecule has 0 rings (SSSR count). The molecule has 0 aliphatic carbocycles. The molecule has 0 spiro atoms. The summed E-state index contributed by atoms with van der Waals surface area (Å²) < 4.78 is 23.3. The molecule has 20 heteroatoms. The Bertz CT molecular complexity index is 1130. The number of hydrogen-bond acceptors (Lipinski definition) is 13. The summed E-state index contributed by atoms with van der Waals surface area (Å²) >= 11 is 7.60. The molecule has 0 aromatic rings. The van der Waals surface area contributed by atoms with Crippen molar-refractivity contribution in [1.29, 1.82) is 0 Å². The van der Waals surface area contributed by atoms with Gasteiger partial charge in [0, 0.05) is 45.5 Å². The summed E-state index contributed by atoms with van der Waals surface area (Å²) in [7, 11) is 0. The van der Waals surface area contributed by atoms with Crippen molar-refractivity contribution >= 4 is 66.6 Å². The fraction of sp³-hybridized carbons (Fsp3) is 0.825. The molecule has 0 radical (unpaired) electrons. The summed E-state index contributed by atoms with van der Waals surface area (Å²) in [5.74, 6) is -2.61. The largest absolute Gasteiger partial charge is 0.481 e. The van der Waals surface area contributed by atoms with Gasteiger partial charge >= 0.3 is 11.9 Å². The smallest absolute Gasteiger partial charge is 0.326 e. The second-order valence-corrected chi connectivity index (χ2v) is 14.6. The van der Waals surface area contributed by atoms with Gasteiger partial charge in [-0.3, -0.25) is 33.5 Å². The first kappa shape index (κ1) is 59.1. The second kappa shape index (κ2) is 45.5. The van der Waals surface area contributed by atoms with Crippen molar-refractivity contribution in [2.75, 3.05) is 72.5 Å². The number of carboxylic acid groups (broad SMARTS) is 2. The van der Waals surface area contributed by atoms with Crippen LogP contribution in [0, 0.1) is 0 Å². The van der Waals surface area contributed by atoms with Gasteiger partial charge in [0.25, 0.3) is 0 Å². The normalized spacial score (nSPS) is 11.7. The molecule has 2 atom stereocenters. The van der Waals surface area contributed by atoms with E-state index in [0.717, 1.165) is 57.8 Å². The van der Waals surface area contributed by atoms with E-state index in [9.17, 15) is 38.7 Å². The summed E-state index contributed by atoms with van der Waals surface area (Å²) in [4.78, 5) is 78.4. The number of thiol groups is 2. The maximum atomic E-state index is 12.1. The lowest BCUT2D eigenvalue weighted by Crippen LogP contribution is -2.41. The number of rotatable bonds is 43. The third kappa shape index (κ3) is 44.5. The maximum Gasteiger partial charge on any atom is 0.326 e. The van der Waals surface area contributed by atoms with Crippen LogP contribution < -0.4 is 26.0 Å². The highest BCUT2D eigenvalue weighted by Gasteiger charge is 2.21. The second-order valence-electron chi connectivity index (χ2n) is 13.9. The molecule has 4 amide bonds. The van der Waals surface area contributed by atoms with E-state index in [1.165, 1.54) is 32.1 Å². The van der Waals surface area contributed by atoms with E-state index in [1.807, 2.05) is 6.92 Å². The van der Waals surface area contributed by atoms with Crippen LogP contribution in [0.1, 0.15) is 129 Å². The third-order valence-electron chi connectivity index (χ3n) is 8.76. The van der Waals surface area contributed by atoms with Gasteiger partial charge in [-0.25, -0.2) is 4.79 Å². The van der Waals surface area contributed by atoms with Crippen LogP contribution in [-0.2, 0) is 52.5 Å². The number of nitrogens with one attached hydrogen (secondary N) is 5. The number of hydrogen-bond donors (Lipinski definition) is 9. The van der Waals surface area contributed by atoms with Gasteiger partial charge in [0.1, 0.15) is 12.6 Å².